The summed E-state index contributed by atoms with van der Waals surface area (Å²) in [5.74, 6) is -0.169. The maximum absolute atomic E-state index is 11.8. The summed E-state index contributed by atoms with van der Waals surface area (Å²) in [5, 5.41) is 0. The van der Waals surface area contributed by atoms with Crippen LogP contribution in [-0.4, -0.2) is 36.7 Å². The third kappa shape index (κ3) is 1.30. The molecule has 6 heteroatoms. The Morgan fingerprint density at radius 1 is 1.44 bits per heavy atom. The number of esters is 1. The van der Waals surface area contributed by atoms with Crippen LogP contribution in [0.4, 0.5) is 0 Å². The number of hydrogen-bond acceptors (Lipinski definition) is 3. The van der Waals surface area contributed by atoms with Crippen LogP contribution in [0.25, 0.3) is 0 Å². The summed E-state index contributed by atoms with van der Waals surface area (Å²) in [6.07, 6.45) is 0. The Bertz CT molecular complexity index is 361. The SMILES string of the molecule is CC1[C@@H]2C(=O)OC(C)(C(C)N2S(=O)O)[C@H]1C. The van der Waals surface area contributed by atoms with Crippen molar-refractivity contribution in [2.45, 2.75) is 45.4 Å². The third-order valence-electron chi connectivity index (χ3n) is 4.42. The van der Waals surface area contributed by atoms with Crippen molar-refractivity contribution >= 4 is 17.2 Å². The zero-order valence-corrected chi connectivity index (χ0v) is 10.7. The molecule has 0 amide bonds. The van der Waals surface area contributed by atoms with E-state index in [1.165, 1.54) is 4.31 Å². The first-order valence-electron chi connectivity index (χ1n) is 5.43. The molecule has 5 nitrogen and oxygen atoms in total. The van der Waals surface area contributed by atoms with Crippen molar-refractivity contribution in [2.24, 2.45) is 11.8 Å². The molecule has 6 atom stereocenters. The molecule has 3 rings (SSSR count). The summed E-state index contributed by atoms with van der Waals surface area (Å²) in [5.41, 5.74) is -0.677. The van der Waals surface area contributed by atoms with Gasteiger partial charge in [0.25, 0.3) is 0 Å². The predicted octanol–water partition coefficient (Wildman–Crippen LogP) is 0.784. The van der Waals surface area contributed by atoms with E-state index < -0.39 is 22.9 Å². The Labute approximate surface area is 97.6 Å². The largest absolute Gasteiger partial charge is 0.456 e. The fourth-order valence-corrected chi connectivity index (χ4v) is 3.86. The van der Waals surface area contributed by atoms with E-state index in [4.69, 9.17) is 4.74 Å². The quantitative estimate of drug-likeness (QED) is 0.549. The lowest BCUT2D eigenvalue weighted by atomic mass is 9.68. The number of nitrogens with zero attached hydrogens (tertiary/aromatic N) is 1. The van der Waals surface area contributed by atoms with Gasteiger partial charge < -0.3 is 4.74 Å². The van der Waals surface area contributed by atoms with Gasteiger partial charge in [0.2, 0.25) is 11.3 Å². The summed E-state index contributed by atoms with van der Waals surface area (Å²) < 4.78 is 27.4. The van der Waals surface area contributed by atoms with Crippen molar-refractivity contribution in [1.82, 2.24) is 4.31 Å². The molecule has 0 aliphatic carbocycles. The highest BCUT2D eigenvalue weighted by atomic mass is 32.2. The number of carbonyl (C=O) groups excluding carboxylic acids is 1. The highest BCUT2D eigenvalue weighted by Gasteiger charge is 2.62. The standard InChI is InChI=1S/C10H17NO4S/c1-5-6(2)10(4)7(3)11(16(13)14)8(5)9(12)15-10/h5-8H,1-4H3,(H,13,14)/t5?,6-,7?,8+,10?/m0/s1. The molecule has 3 saturated heterocycles. The van der Waals surface area contributed by atoms with E-state index >= 15 is 0 Å². The fourth-order valence-electron chi connectivity index (χ4n) is 2.91. The van der Waals surface area contributed by atoms with E-state index in [0.717, 1.165) is 0 Å². The van der Waals surface area contributed by atoms with Gasteiger partial charge in [-0.2, -0.15) is 4.31 Å². The first-order chi connectivity index (χ1) is 7.30. The molecule has 92 valence electrons. The Morgan fingerprint density at radius 3 is 2.50 bits per heavy atom. The minimum Gasteiger partial charge on any atom is -0.456 e. The van der Waals surface area contributed by atoms with E-state index in [0.29, 0.717) is 0 Å². The number of ether oxygens (including phenoxy) is 1. The van der Waals surface area contributed by atoms with Gasteiger partial charge in [0.05, 0.1) is 6.04 Å². The molecule has 3 heterocycles. The number of fused-ring (bicyclic) bond motifs is 3. The molecule has 0 aromatic heterocycles. The van der Waals surface area contributed by atoms with Crippen LogP contribution in [0.2, 0.25) is 0 Å². The van der Waals surface area contributed by atoms with Gasteiger partial charge in [0.15, 0.2) is 0 Å². The molecule has 3 fully saturated rings. The van der Waals surface area contributed by atoms with Crippen LogP contribution in [0.3, 0.4) is 0 Å². The second kappa shape index (κ2) is 3.51. The molecular formula is C10H17NO4S. The van der Waals surface area contributed by atoms with E-state index in [9.17, 15) is 13.6 Å². The molecule has 1 N–H and O–H groups in total. The average molecular weight is 247 g/mol. The fraction of sp³-hybridized carbons (Fsp3) is 0.900. The highest BCUT2D eigenvalue weighted by molar-refractivity contribution is 7.76. The van der Waals surface area contributed by atoms with E-state index in [-0.39, 0.29) is 23.8 Å². The number of rotatable bonds is 1. The summed E-state index contributed by atoms with van der Waals surface area (Å²) in [7, 11) is 0. The Balaban J connectivity index is 2.48. The topological polar surface area (TPSA) is 66.8 Å². The van der Waals surface area contributed by atoms with Crippen molar-refractivity contribution in [3.8, 4) is 0 Å². The zero-order chi connectivity index (χ0) is 12.2. The van der Waals surface area contributed by atoms with E-state index in [2.05, 4.69) is 0 Å². The van der Waals surface area contributed by atoms with Gasteiger partial charge in [-0.25, -0.2) is 4.21 Å². The minimum absolute atomic E-state index is 0.0264. The molecule has 16 heavy (non-hydrogen) atoms. The van der Waals surface area contributed by atoms with Crippen LogP contribution in [0.1, 0.15) is 27.7 Å². The molecule has 4 unspecified atom stereocenters. The molecular weight excluding hydrogens is 230 g/mol. The average Bonchev–Trinajstić information content (AvgIpc) is 2.18. The van der Waals surface area contributed by atoms with Crippen LogP contribution in [0.15, 0.2) is 0 Å². The summed E-state index contributed by atoms with van der Waals surface area (Å²) in [6.45, 7) is 7.62. The Hall–Kier alpha value is -0.460. The van der Waals surface area contributed by atoms with Crippen molar-refractivity contribution in [3.63, 3.8) is 0 Å². The smallest absolute Gasteiger partial charge is 0.325 e. The van der Waals surface area contributed by atoms with Crippen LogP contribution in [0, 0.1) is 11.8 Å². The molecule has 0 radical (unpaired) electrons. The lowest BCUT2D eigenvalue weighted by Crippen LogP contribution is -2.73. The van der Waals surface area contributed by atoms with Gasteiger partial charge in [-0.1, -0.05) is 13.8 Å². The second-order valence-electron chi connectivity index (χ2n) is 4.96. The maximum Gasteiger partial charge on any atom is 0.325 e. The molecule has 0 aromatic carbocycles. The summed E-state index contributed by atoms with van der Waals surface area (Å²) >= 11 is -2.13. The normalized spacial score (nSPS) is 50.2. The van der Waals surface area contributed by atoms with Gasteiger partial charge in [0, 0.05) is 5.92 Å². The van der Waals surface area contributed by atoms with Crippen molar-refractivity contribution in [2.75, 3.05) is 0 Å². The van der Waals surface area contributed by atoms with Gasteiger partial charge in [-0.05, 0) is 19.8 Å². The molecule has 0 aromatic rings. The monoisotopic (exact) mass is 247 g/mol. The second-order valence-corrected chi connectivity index (χ2v) is 5.85. The van der Waals surface area contributed by atoms with E-state index in [1.54, 1.807) is 0 Å². The third-order valence-corrected chi connectivity index (χ3v) is 5.32. The molecule has 2 bridgehead atoms. The lowest BCUT2D eigenvalue weighted by molar-refractivity contribution is -0.222. The summed E-state index contributed by atoms with van der Waals surface area (Å²) in [6, 6.07) is -0.843. The molecule has 3 aliphatic rings. The van der Waals surface area contributed by atoms with Crippen molar-refractivity contribution in [3.05, 3.63) is 0 Å². The van der Waals surface area contributed by atoms with Gasteiger partial charge in [-0.3, -0.25) is 9.35 Å². The van der Waals surface area contributed by atoms with Gasteiger partial charge in [-0.15, -0.1) is 0 Å². The molecule has 0 spiro atoms. The first-order valence-corrected chi connectivity index (χ1v) is 6.49. The van der Waals surface area contributed by atoms with Crippen LogP contribution in [0.5, 0.6) is 0 Å². The van der Waals surface area contributed by atoms with Crippen LogP contribution >= 0.6 is 0 Å². The zero-order valence-electron chi connectivity index (χ0n) is 9.84. The molecule has 3 aliphatic heterocycles. The lowest BCUT2D eigenvalue weighted by Gasteiger charge is -2.58. The Morgan fingerprint density at radius 2 is 2.00 bits per heavy atom. The van der Waals surface area contributed by atoms with Crippen LogP contribution < -0.4 is 0 Å². The van der Waals surface area contributed by atoms with Crippen molar-refractivity contribution in [1.29, 1.82) is 0 Å². The first kappa shape index (κ1) is 12.0. The number of piperidine rings is 1. The maximum atomic E-state index is 11.8. The van der Waals surface area contributed by atoms with Gasteiger partial charge in [0.1, 0.15) is 11.6 Å². The summed E-state index contributed by atoms with van der Waals surface area (Å²) in [4.78, 5) is 11.8. The minimum atomic E-state index is -2.13. The number of carbonyl (C=O) groups is 1. The predicted molar refractivity (Wildman–Crippen MR) is 58.7 cm³/mol. The molecule has 0 saturated carbocycles. The highest BCUT2D eigenvalue weighted by Crippen LogP contribution is 2.47. The number of hydrogen-bond donors (Lipinski definition) is 1. The number of morpholine rings is 1. The van der Waals surface area contributed by atoms with Gasteiger partial charge >= 0.3 is 5.97 Å². The van der Waals surface area contributed by atoms with Crippen molar-refractivity contribution < 1.29 is 18.3 Å². The Kier molecular flexibility index (Phi) is 2.64. The van der Waals surface area contributed by atoms with Crippen LogP contribution in [-0.2, 0) is 20.8 Å². The van der Waals surface area contributed by atoms with E-state index in [1.807, 2.05) is 27.7 Å².